The van der Waals surface area contributed by atoms with E-state index in [-0.39, 0.29) is 29.8 Å². The third-order valence-corrected chi connectivity index (χ3v) is 7.09. The second-order valence-electron chi connectivity index (χ2n) is 9.33. The van der Waals surface area contributed by atoms with Crippen LogP contribution >= 0.6 is 0 Å². The minimum absolute atomic E-state index is 0.0267. The molecule has 3 fully saturated rings. The Hall–Kier alpha value is -2.37. The molecule has 1 N–H and O–H groups in total. The zero-order valence-corrected chi connectivity index (χ0v) is 18.0. The summed E-state index contributed by atoms with van der Waals surface area (Å²) in [5.41, 5.74) is 2.02. The fourth-order valence-corrected chi connectivity index (χ4v) is 5.28. The summed E-state index contributed by atoms with van der Waals surface area (Å²) in [6.45, 7) is 3.54. The smallest absolute Gasteiger partial charge is 0.242 e. The van der Waals surface area contributed by atoms with Crippen molar-refractivity contribution in [3.05, 3.63) is 35.4 Å². The molecule has 30 heavy (non-hydrogen) atoms. The van der Waals surface area contributed by atoms with Crippen LogP contribution in [0.25, 0.3) is 0 Å². The highest BCUT2D eigenvalue weighted by Gasteiger charge is 2.39. The second-order valence-corrected chi connectivity index (χ2v) is 9.33. The van der Waals surface area contributed by atoms with Gasteiger partial charge in [0.2, 0.25) is 17.7 Å². The zero-order chi connectivity index (χ0) is 21.1. The molecule has 6 nitrogen and oxygen atoms in total. The average molecular weight is 412 g/mol. The van der Waals surface area contributed by atoms with Gasteiger partial charge >= 0.3 is 0 Å². The van der Waals surface area contributed by atoms with Crippen molar-refractivity contribution in [1.82, 2.24) is 15.1 Å². The summed E-state index contributed by atoms with van der Waals surface area (Å²) in [5, 5.41) is 3.16. The molecule has 6 heteroatoms. The van der Waals surface area contributed by atoms with Crippen LogP contribution in [0.5, 0.6) is 0 Å². The van der Waals surface area contributed by atoms with E-state index in [0.717, 1.165) is 25.7 Å². The van der Waals surface area contributed by atoms with E-state index in [1.165, 1.54) is 24.0 Å². The molecule has 2 saturated heterocycles. The lowest BCUT2D eigenvalue weighted by molar-refractivity contribution is -0.147. The van der Waals surface area contributed by atoms with Crippen LogP contribution in [0.4, 0.5) is 0 Å². The molecule has 1 aromatic carbocycles. The Balaban J connectivity index is 1.34. The van der Waals surface area contributed by atoms with Gasteiger partial charge in [0.15, 0.2) is 0 Å². The predicted molar refractivity (Wildman–Crippen MR) is 115 cm³/mol. The monoisotopic (exact) mass is 411 g/mol. The Kier molecular flexibility index (Phi) is 6.11. The third-order valence-electron chi connectivity index (χ3n) is 7.09. The summed E-state index contributed by atoms with van der Waals surface area (Å²) < 4.78 is 0. The average Bonchev–Trinajstić information content (AvgIpc) is 3.38. The van der Waals surface area contributed by atoms with Gasteiger partial charge in [-0.1, -0.05) is 42.7 Å². The van der Waals surface area contributed by atoms with Gasteiger partial charge in [-0.05, 0) is 44.6 Å². The van der Waals surface area contributed by atoms with E-state index < -0.39 is 0 Å². The number of amides is 3. The van der Waals surface area contributed by atoms with E-state index in [4.69, 9.17) is 0 Å². The number of carbonyl (C=O) groups excluding carboxylic acids is 3. The van der Waals surface area contributed by atoms with Crippen LogP contribution < -0.4 is 5.32 Å². The number of nitrogens with one attached hydrogen (secondary N) is 1. The Morgan fingerprint density at radius 1 is 1.13 bits per heavy atom. The van der Waals surface area contributed by atoms with Gasteiger partial charge in [-0.3, -0.25) is 14.4 Å². The summed E-state index contributed by atoms with van der Waals surface area (Å²) in [6.07, 6.45) is 7.57. The number of benzene rings is 1. The Morgan fingerprint density at radius 3 is 2.50 bits per heavy atom. The summed E-state index contributed by atoms with van der Waals surface area (Å²) in [4.78, 5) is 41.2. The van der Waals surface area contributed by atoms with E-state index in [1.54, 1.807) is 4.90 Å². The highest BCUT2D eigenvalue weighted by Crippen LogP contribution is 2.30. The Bertz CT molecular complexity index is 800. The molecule has 2 heterocycles. The molecule has 1 aliphatic carbocycles. The number of carbonyl (C=O) groups is 3. The van der Waals surface area contributed by atoms with Crippen LogP contribution in [0.1, 0.15) is 62.5 Å². The number of piperazine rings is 1. The van der Waals surface area contributed by atoms with Gasteiger partial charge in [0, 0.05) is 37.5 Å². The maximum Gasteiger partial charge on any atom is 0.242 e. The van der Waals surface area contributed by atoms with Crippen LogP contribution in [0, 0.1) is 6.92 Å². The number of hydrogen-bond donors (Lipinski definition) is 1. The normalized spacial score (nSPS) is 25.1. The molecule has 3 aliphatic rings. The lowest BCUT2D eigenvalue weighted by Crippen LogP contribution is -2.55. The van der Waals surface area contributed by atoms with Gasteiger partial charge in [0.1, 0.15) is 0 Å². The molecule has 4 rings (SSSR count). The molecular formula is C24H33N3O3. The molecule has 0 bridgehead atoms. The summed E-state index contributed by atoms with van der Waals surface area (Å²) >= 11 is 0. The fraction of sp³-hybridized carbons (Fsp3) is 0.625. The van der Waals surface area contributed by atoms with E-state index in [0.29, 0.717) is 38.4 Å². The molecule has 1 atom stereocenters. The van der Waals surface area contributed by atoms with Crippen LogP contribution in [0.2, 0.25) is 0 Å². The van der Waals surface area contributed by atoms with E-state index >= 15 is 0 Å². The van der Waals surface area contributed by atoms with Gasteiger partial charge < -0.3 is 15.1 Å². The lowest BCUT2D eigenvalue weighted by atomic mass is 9.84. The first-order chi connectivity index (χ1) is 14.4. The van der Waals surface area contributed by atoms with Gasteiger partial charge in [0.05, 0.1) is 6.54 Å². The van der Waals surface area contributed by atoms with Gasteiger partial charge in [-0.25, -0.2) is 0 Å². The van der Waals surface area contributed by atoms with Crippen molar-refractivity contribution in [2.75, 3.05) is 19.6 Å². The minimum Gasteiger partial charge on any atom is -0.350 e. The molecule has 0 aromatic heterocycles. The molecule has 1 unspecified atom stereocenters. The van der Waals surface area contributed by atoms with E-state index in [2.05, 4.69) is 36.5 Å². The van der Waals surface area contributed by atoms with Crippen LogP contribution in [-0.2, 0) is 20.8 Å². The Morgan fingerprint density at radius 2 is 1.87 bits per heavy atom. The first kappa shape index (κ1) is 20.9. The van der Waals surface area contributed by atoms with Crippen molar-refractivity contribution >= 4 is 17.7 Å². The number of rotatable bonds is 6. The number of aryl methyl sites for hydroxylation is 1. The lowest BCUT2D eigenvalue weighted by Gasteiger charge is -2.38. The van der Waals surface area contributed by atoms with Gasteiger partial charge in [-0.2, -0.15) is 0 Å². The third kappa shape index (κ3) is 4.68. The van der Waals surface area contributed by atoms with Gasteiger partial charge in [0.25, 0.3) is 0 Å². The van der Waals surface area contributed by atoms with Crippen molar-refractivity contribution in [3.63, 3.8) is 0 Å². The SMILES string of the molecule is Cc1ccc(CC2(CCC(=O)N3CCN(C4CCCC4)C(=O)C3)CCC(=O)N2)cc1. The highest BCUT2D eigenvalue weighted by atomic mass is 16.2. The van der Waals surface area contributed by atoms with Crippen molar-refractivity contribution in [2.24, 2.45) is 0 Å². The maximum atomic E-state index is 12.9. The fourth-order valence-electron chi connectivity index (χ4n) is 5.28. The second kappa shape index (κ2) is 8.78. The number of nitrogens with zero attached hydrogens (tertiary/aromatic N) is 2. The molecule has 162 valence electrons. The number of hydrogen-bond acceptors (Lipinski definition) is 3. The predicted octanol–water partition coefficient (Wildman–Crippen LogP) is 2.58. The summed E-state index contributed by atoms with van der Waals surface area (Å²) in [5.74, 6) is 0.179. The molecule has 3 amide bonds. The van der Waals surface area contributed by atoms with Crippen LogP contribution in [0.15, 0.2) is 24.3 Å². The maximum absolute atomic E-state index is 12.9. The highest BCUT2D eigenvalue weighted by molar-refractivity contribution is 5.86. The molecule has 2 aliphatic heterocycles. The van der Waals surface area contributed by atoms with E-state index in [1.807, 2.05) is 4.90 Å². The molecule has 1 aromatic rings. The largest absolute Gasteiger partial charge is 0.350 e. The first-order valence-corrected chi connectivity index (χ1v) is 11.4. The van der Waals surface area contributed by atoms with Crippen molar-refractivity contribution in [1.29, 1.82) is 0 Å². The molecular weight excluding hydrogens is 378 g/mol. The van der Waals surface area contributed by atoms with Crippen molar-refractivity contribution in [3.8, 4) is 0 Å². The molecule has 0 radical (unpaired) electrons. The topological polar surface area (TPSA) is 69.7 Å². The van der Waals surface area contributed by atoms with Crippen LogP contribution in [0.3, 0.4) is 0 Å². The summed E-state index contributed by atoms with van der Waals surface area (Å²) in [6, 6.07) is 8.75. The molecule has 0 spiro atoms. The van der Waals surface area contributed by atoms with Crippen molar-refractivity contribution < 1.29 is 14.4 Å². The van der Waals surface area contributed by atoms with Gasteiger partial charge in [-0.15, -0.1) is 0 Å². The standard InChI is InChI=1S/C24H33N3O3/c1-18-6-8-19(9-7-18)16-24(12-10-21(28)25-24)13-11-22(29)26-14-15-27(23(30)17-26)20-4-2-3-5-20/h6-9,20H,2-5,10-17H2,1H3,(H,25,28). The van der Waals surface area contributed by atoms with E-state index in [9.17, 15) is 14.4 Å². The minimum atomic E-state index is -0.363. The Labute approximate surface area is 179 Å². The summed E-state index contributed by atoms with van der Waals surface area (Å²) in [7, 11) is 0. The first-order valence-electron chi connectivity index (χ1n) is 11.4. The molecule has 1 saturated carbocycles. The van der Waals surface area contributed by atoms with Crippen LogP contribution in [-0.4, -0.2) is 58.7 Å². The zero-order valence-electron chi connectivity index (χ0n) is 18.0. The quantitative estimate of drug-likeness (QED) is 0.782. The van der Waals surface area contributed by atoms with Crippen molar-refractivity contribution in [2.45, 2.75) is 76.3 Å².